The van der Waals surface area contributed by atoms with Gasteiger partial charge >= 0.3 is 0 Å². The van der Waals surface area contributed by atoms with Gasteiger partial charge in [0.05, 0.1) is 11.4 Å². The van der Waals surface area contributed by atoms with E-state index in [0.717, 1.165) is 17.8 Å². The van der Waals surface area contributed by atoms with E-state index in [-0.39, 0.29) is 5.56 Å². The highest BCUT2D eigenvalue weighted by atomic mass is 32.1. The molecule has 0 aliphatic heterocycles. The molecule has 0 saturated heterocycles. The van der Waals surface area contributed by atoms with Crippen molar-refractivity contribution < 1.29 is 13.6 Å². The number of aryl methyl sites for hydroxylation is 1. The Bertz CT molecular complexity index is 849. The number of aromatic nitrogens is 1. The first-order chi connectivity index (χ1) is 11.1. The Morgan fingerprint density at radius 3 is 2.43 bits per heavy atom. The molecule has 0 N–H and O–H groups in total. The number of thiazole rings is 1. The van der Waals surface area contributed by atoms with Crippen LogP contribution in [0.5, 0.6) is 0 Å². The third-order valence-corrected chi connectivity index (χ3v) is 4.13. The number of hydrogen-bond acceptors (Lipinski definition) is 3. The Morgan fingerprint density at radius 1 is 1.09 bits per heavy atom. The van der Waals surface area contributed by atoms with Crippen molar-refractivity contribution in [2.24, 2.45) is 0 Å². The summed E-state index contributed by atoms with van der Waals surface area (Å²) in [7, 11) is 0. The molecule has 23 heavy (non-hydrogen) atoms. The molecular formula is C17H12F2N2OS. The smallest absolute Gasteiger partial charge is 0.264 e. The first-order valence-electron chi connectivity index (χ1n) is 6.83. The van der Waals surface area contributed by atoms with E-state index in [2.05, 4.69) is 4.98 Å². The number of nitrogens with zero attached hydrogens (tertiary/aromatic N) is 2. The van der Waals surface area contributed by atoms with Crippen molar-refractivity contribution in [1.29, 1.82) is 0 Å². The van der Waals surface area contributed by atoms with E-state index in [1.54, 1.807) is 24.3 Å². The number of carbonyl (C=O) groups excluding carboxylic acids is 1. The van der Waals surface area contributed by atoms with Crippen LogP contribution < -0.4 is 4.90 Å². The molecule has 1 heterocycles. The van der Waals surface area contributed by atoms with E-state index >= 15 is 0 Å². The molecule has 0 aliphatic rings. The molecular weight excluding hydrogens is 318 g/mol. The molecule has 0 fully saturated rings. The van der Waals surface area contributed by atoms with Crippen molar-refractivity contribution in [2.75, 3.05) is 4.90 Å². The molecule has 3 aromatic rings. The van der Waals surface area contributed by atoms with Gasteiger partial charge in [-0.3, -0.25) is 9.69 Å². The lowest BCUT2D eigenvalue weighted by Gasteiger charge is -2.20. The molecule has 0 saturated carbocycles. The van der Waals surface area contributed by atoms with Crippen LogP contribution in [-0.4, -0.2) is 10.9 Å². The van der Waals surface area contributed by atoms with Crippen LogP contribution in [0.1, 0.15) is 16.1 Å². The molecule has 0 bridgehead atoms. The van der Waals surface area contributed by atoms with Crippen LogP contribution in [0.15, 0.2) is 53.9 Å². The van der Waals surface area contributed by atoms with Crippen LogP contribution in [0.2, 0.25) is 0 Å². The van der Waals surface area contributed by atoms with Crippen molar-refractivity contribution in [3.63, 3.8) is 0 Å². The zero-order valence-electron chi connectivity index (χ0n) is 12.2. The summed E-state index contributed by atoms with van der Waals surface area (Å²) in [6, 6.07) is 12.0. The van der Waals surface area contributed by atoms with E-state index < -0.39 is 17.5 Å². The standard InChI is InChI=1S/C17H12F2N2OS/c1-11-10-23-17(20-11)21(13-5-3-2-4-6-13)16(22)12-7-8-14(18)15(19)9-12/h2-10H,1H3. The maximum absolute atomic E-state index is 13.5. The Hall–Kier alpha value is -2.60. The van der Waals surface area contributed by atoms with Gasteiger partial charge in [-0.2, -0.15) is 0 Å². The van der Waals surface area contributed by atoms with Gasteiger partial charge in [0.1, 0.15) is 0 Å². The number of benzene rings is 2. The van der Waals surface area contributed by atoms with Crippen LogP contribution in [0.4, 0.5) is 19.6 Å². The lowest BCUT2D eigenvalue weighted by atomic mass is 10.1. The second kappa shape index (κ2) is 6.26. The molecule has 0 radical (unpaired) electrons. The van der Waals surface area contributed by atoms with Crippen LogP contribution in [0, 0.1) is 18.6 Å². The monoisotopic (exact) mass is 330 g/mol. The SMILES string of the molecule is Cc1csc(N(C(=O)c2ccc(F)c(F)c2)c2ccccc2)n1. The van der Waals surface area contributed by atoms with E-state index in [4.69, 9.17) is 0 Å². The van der Waals surface area contributed by atoms with Gasteiger partial charge in [-0.25, -0.2) is 13.8 Å². The molecule has 0 aliphatic carbocycles. The highest BCUT2D eigenvalue weighted by Crippen LogP contribution is 2.30. The molecule has 3 nitrogen and oxygen atoms in total. The minimum Gasteiger partial charge on any atom is -0.268 e. The number of carbonyl (C=O) groups is 1. The summed E-state index contributed by atoms with van der Waals surface area (Å²) >= 11 is 1.31. The fourth-order valence-corrected chi connectivity index (χ4v) is 2.91. The van der Waals surface area contributed by atoms with Crippen molar-refractivity contribution in [3.8, 4) is 0 Å². The maximum atomic E-state index is 13.5. The number of amides is 1. The average Bonchev–Trinajstić information content (AvgIpc) is 2.97. The first kappa shape index (κ1) is 15.3. The van der Waals surface area contributed by atoms with Crippen molar-refractivity contribution in [3.05, 3.63) is 76.8 Å². The van der Waals surface area contributed by atoms with Gasteiger partial charge in [0, 0.05) is 10.9 Å². The third kappa shape index (κ3) is 3.12. The van der Waals surface area contributed by atoms with E-state index in [9.17, 15) is 13.6 Å². The molecule has 0 atom stereocenters. The van der Waals surface area contributed by atoms with E-state index in [0.29, 0.717) is 10.8 Å². The van der Waals surface area contributed by atoms with Gasteiger partial charge in [0.2, 0.25) is 0 Å². The minimum absolute atomic E-state index is 0.0561. The normalized spacial score (nSPS) is 10.6. The van der Waals surface area contributed by atoms with E-state index in [1.807, 2.05) is 18.4 Å². The second-order valence-corrected chi connectivity index (χ2v) is 5.71. The molecule has 0 unspecified atom stereocenters. The average molecular weight is 330 g/mol. The Labute approximate surface area is 135 Å². The molecule has 1 amide bonds. The lowest BCUT2D eigenvalue weighted by Crippen LogP contribution is -2.26. The second-order valence-electron chi connectivity index (χ2n) is 4.88. The van der Waals surface area contributed by atoms with Gasteiger partial charge in [-0.15, -0.1) is 11.3 Å². The molecule has 3 rings (SSSR count). The quantitative estimate of drug-likeness (QED) is 0.697. The Morgan fingerprint density at radius 2 is 1.83 bits per heavy atom. The largest absolute Gasteiger partial charge is 0.268 e. The van der Waals surface area contributed by atoms with Crippen molar-refractivity contribution in [2.45, 2.75) is 6.92 Å². The van der Waals surface area contributed by atoms with Crippen LogP contribution in [-0.2, 0) is 0 Å². The highest BCUT2D eigenvalue weighted by Gasteiger charge is 2.23. The minimum atomic E-state index is -1.06. The topological polar surface area (TPSA) is 33.2 Å². The number of rotatable bonds is 3. The molecule has 6 heteroatoms. The number of halogens is 2. The molecule has 2 aromatic carbocycles. The van der Waals surface area contributed by atoms with Gasteiger partial charge in [-0.05, 0) is 37.3 Å². The van der Waals surface area contributed by atoms with Gasteiger partial charge in [0.15, 0.2) is 16.8 Å². The zero-order chi connectivity index (χ0) is 16.4. The predicted octanol–water partition coefficient (Wildman–Crippen LogP) is 4.71. The summed E-state index contributed by atoms with van der Waals surface area (Å²) in [6.45, 7) is 1.82. The lowest BCUT2D eigenvalue weighted by molar-refractivity contribution is 0.0998. The Balaban J connectivity index is 2.07. The van der Waals surface area contributed by atoms with Crippen LogP contribution in [0.3, 0.4) is 0 Å². The maximum Gasteiger partial charge on any atom is 0.264 e. The summed E-state index contributed by atoms with van der Waals surface area (Å²) in [5.41, 5.74) is 1.45. The first-order valence-corrected chi connectivity index (χ1v) is 7.71. The summed E-state index contributed by atoms with van der Waals surface area (Å²) in [5.74, 6) is -2.51. The third-order valence-electron chi connectivity index (χ3n) is 3.18. The number of para-hydroxylation sites is 1. The summed E-state index contributed by atoms with van der Waals surface area (Å²) in [5, 5.41) is 2.30. The summed E-state index contributed by atoms with van der Waals surface area (Å²) in [6.07, 6.45) is 0. The van der Waals surface area contributed by atoms with Crippen LogP contribution in [0.25, 0.3) is 0 Å². The van der Waals surface area contributed by atoms with Crippen LogP contribution >= 0.6 is 11.3 Å². The van der Waals surface area contributed by atoms with Crippen molar-refractivity contribution >= 4 is 28.1 Å². The van der Waals surface area contributed by atoms with Gasteiger partial charge in [-0.1, -0.05) is 18.2 Å². The van der Waals surface area contributed by atoms with Gasteiger partial charge < -0.3 is 0 Å². The molecule has 0 spiro atoms. The van der Waals surface area contributed by atoms with Gasteiger partial charge in [0.25, 0.3) is 5.91 Å². The number of anilines is 2. The zero-order valence-corrected chi connectivity index (χ0v) is 13.0. The Kier molecular flexibility index (Phi) is 4.16. The fraction of sp³-hybridized carbons (Fsp3) is 0.0588. The van der Waals surface area contributed by atoms with Crippen molar-refractivity contribution in [1.82, 2.24) is 4.98 Å². The number of hydrogen-bond donors (Lipinski definition) is 0. The molecule has 116 valence electrons. The molecule has 1 aromatic heterocycles. The van der Waals surface area contributed by atoms with E-state index in [1.165, 1.54) is 22.3 Å². The predicted molar refractivity (Wildman–Crippen MR) is 86.1 cm³/mol. The highest BCUT2D eigenvalue weighted by molar-refractivity contribution is 7.14. The summed E-state index contributed by atoms with van der Waals surface area (Å²) < 4.78 is 26.6. The fourth-order valence-electron chi connectivity index (χ4n) is 2.09. The summed E-state index contributed by atoms with van der Waals surface area (Å²) in [4.78, 5) is 18.5.